The van der Waals surface area contributed by atoms with E-state index in [1.807, 2.05) is 13.0 Å². The van der Waals surface area contributed by atoms with Gasteiger partial charge in [0.25, 0.3) is 11.8 Å². The summed E-state index contributed by atoms with van der Waals surface area (Å²) < 4.78 is 28.3. The van der Waals surface area contributed by atoms with E-state index in [1.54, 1.807) is 54.6 Å². The quantitative estimate of drug-likeness (QED) is 0.454. The molecule has 9 nitrogen and oxygen atoms in total. The smallest absolute Gasteiger partial charge is 0.257 e. The zero-order valence-electron chi connectivity index (χ0n) is 20.5. The maximum atomic E-state index is 13.6. The number of primary sulfonamides is 1. The highest BCUT2D eigenvalue weighted by atomic mass is 32.2. The molecule has 192 valence electrons. The second kappa shape index (κ2) is 10.5. The lowest BCUT2D eigenvalue weighted by Crippen LogP contribution is -2.46. The number of nitrogens with zero attached hydrogens (tertiary/aromatic N) is 2. The molecule has 0 aliphatic carbocycles. The second-order valence-corrected chi connectivity index (χ2v) is 10.4. The molecule has 3 aromatic carbocycles. The van der Waals surface area contributed by atoms with Crippen molar-refractivity contribution in [1.29, 1.82) is 0 Å². The minimum Gasteiger partial charge on any atom is -0.497 e. The van der Waals surface area contributed by atoms with Crippen molar-refractivity contribution in [3.8, 4) is 5.75 Å². The average molecular weight is 522 g/mol. The summed E-state index contributed by atoms with van der Waals surface area (Å²) in [4.78, 5) is 42.5. The Hall–Kier alpha value is -4.02. The first-order chi connectivity index (χ1) is 17.6. The van der Waals surface area contributed by atoms with Gasteiger partial charge in [-0.2, -0.15) is 0 Å². The summed E-state index contributed by atoms with van der Waals surface area (Å²) in [6.45, 7) is 2.01. The third-order valence-corrected chi connectivity index (χ3v) is 7.18. The molecule has 0 aromatic heterocycles. The number of anilines is 1. The average Bonchev–Trinajstić information content (AvgIpc) is 3.17. The van der Waals surface area contributed by atoms with Crippen LogP contribution in [-0.4, -0.2) is 50.7 Å². The highest BCUT2D eigenvalue weighted by molar-refractivity contribution is 7.89. The van der Waals surface area contributed by atoms with E-state index < -0.39 is 27.9 Å². The SMILES string of the molecule is COc1ccc(N2C(=O)CC(N(CCc3ccc(S(N)(=O)=O)cc3)C(=O)c3cccc(C)c3)C2=O)cc1. The van der Waals surface area contributed by atoms with Crippen LogP contribution >= 0.6 is 0 Å². The Morgan fingerprint density at radius 1 is 1.05 bits per heavy atom. The molecule has 1 heterocycles. The summed E-state index contributed by atoms with van der Waals surface area (Å²) in [7, 11) is -2.31. The van der Waals surface area contributed by atoms with Gasteiger partial charge in [-0.1, -0.05) is 29.8 Å². The standard InChI is InChI=1S/C27H27N3O6S/c1-18-4-3-5-20(16-18)26(32)29(15-14-19-6-12-23(13-7-19)37(28,34)35)24-17-25(31)30(27(24)33)21-8-10-22(36-2)11-9-21/h3-13,16,24H,14-15,17H2,1-2H3,(H2,28,34,35). The first-order valence-electron chi connectivity index (χ1n) is 11.6. The number of nitrogens with two attached hydrogens (primary N) is 1. The number of carbonyl (C=O) groups is 3. The van der Waals surface area contributed by atoms with Crippen molar-refractivity contribution >= 4 is 33.4 Å². The van der Waals surface area contributed by atoms with Crippen LogP contribution in [0.15, 0.2) is 77.7 Å². The molecule has 0 spiro atoms. The van der Waals surface area contributed by atoms with E-state index >= 15 is 0 Å². The molecular weight excluding hydrogens is 494 g/mol. The van der Waals surface area contributed by atoms with Gasteiger partial charge < -0.3 is 9.64 Å². The van der Waals surface area contributed by atoms with Crippen LogP contribution < -0.4 is 14.8 Å². The van der Waals surface area contributed by atoms with Crippen molar-refractivity contribution in [3.63, 3.8) is 0 Å². The van der Waals surface area contributed by atoms with Crippen molar-refractivity contribution < 1.29 is 27.5 Å². The number of imide groups is 1. The van der Waals surface area contributed by atoms with Gasteiger partial charge in [-0.3, -0.25) is 14.4 Å². The van der Waals surface area contributed by atoms with Crippen LogP contribution in [0.5, 0.6) is 5.75 Å². The van der Waals surface area contributed by atoms with Crippen LogP contribution in [0.4, 0.5) is 5.69 Å². The number of amides is 3. The fraction of sp³-hybridized carbons (Fsp3) is 0.222. The molecule has 1 saturated heterocycles. The molecule has 3 amide bonds. The van der Waals surface area contributed by atoms with Gasteiger partial charge in [0, 0.05) is 12.1 Å². The van der Waals surface area contributed by atoms with Crippen molar-refractivity contribution in [2.24, 2.45) is 5.14 Å². The number of carbonyl (C=O) groups excluding carboxylic acids is 3. The number of hydrogen-bond donors (Lipinski definition) is 1. The van der Waals surface area contributed by atoms with E-state index in [1.165, 1.54) is 24.1 Å². The van der Waals surface area contributed by atoms with Crippen molar-refractivity contribution in [2.45, 2.75) is 30.7 Å². The van der Waals surface area contributed by atoms with Gasteiger partial charge >= 0.3 is 0 Å². The summed E-state index contributed by atoms with van der Waals surface area (Å²) in [5.74, 6) is -0.669. The third-order valence-electron chi connectivity index (χ3n) is 6.25. The largest absolute Gasteiger partial charge is 0.497 e. The second-order valence-electron chi connectivity index (χ2n) is 8.79. The van der Waals surface area contributed by atoms with E-state index in [0.29, 0.717) is 23.4 Å². The van der Waals surface area contributed by atoms with Gasteiger partial charge in [-0.25, -0.2) is 18.5 Å². The van der Waals surface area contributed by atoms with Crippen LogP contribution in [0.25, 0.3) is 0 Å². The van der Waals surface area contributed by atoms with E-state index in [9.17, 15) is 22.8 Å². The predicted molar refractivity (Wildman–Crippen MR) is 138 cm³/mol. The van der Waals surface area contributed by atoms with E-state index in [2.05, 4.69) is 0 Å². The van der Waals surface area contributed by atoms with Crippen molar-refractivity contribution in [3.05, 3.63) is 89.5 Å². The zero-order valence-corrected chi connectivity index (χ0v) is 21.3. The molecule has 0 saturated carbocycles. The van der Waals surface area contributed by atoms with Crippen LogP contribution in [0.1, 0.15) is 27.9 Å². The molecule has 2 N–H and O–H groups in total. The maximum absolute atomic E-state index is 13.6. The molecule has 1 fully saturated rings. The molecule has 3 aromatic rings. The Morgan fingerprint density at radius 2 is 1.73 bits per heavy atom. The number of aryl methyl sites for hydroxylation is 1. The third kappa shape index (κ3) is 5.71. The minimum absolute atomic E-state index is 0.0179. The van der Waals surface area contributed by atoms with Crippen LogP contribution in [0.2, 0.25) is 0 Å². The number of ether oxygens (including phenoxy) is 1. The van der Waals surface area contributed by atoms with E-state index in [4.69, 9.17) is 9.88 Å². The summed E-state index contributed by atoms with van der Waals surface area (Å²) >= 11 is 0. The Bertz CT molecular complexity index is 1440. The monoisotopic (exact) mass is 521 g/mol. The molecule has 1 atom stereocenters. The Kier molecular flexibility index (Phi) is 7.42. The van der Waals surface area contributed by atoms with E-state index in [-0.39, 0.29) is 23.8 Å². The van der Waals surface area contributed by atoms with Gasteiger partial charge in [0.1, 0.15) is 11.8 Å². The summed E-state index contributed by atoms with van der Waals surface area (Å²) in [5.41, 5.74) is 2.45. The number of rotatable bonds is 8. The van der Waals surface area contributed by atoms with Crippen LogP contribution in [0, 0.1) is 6.92 Å². The zero-order chi connectivity index (χ0) is 26.7. The van der Waals surface area contributed by atoms with Gasteiger partial charge in [0.15, 0.2) is 0 Å². The van der Waals surface area contributed by atoms with E-state index in [0.717, 1.165) is 16.0 Å². The lowest BCUT2D eigenvalue weighted by molar-refractivity contribution is -0.122. The summed E-state index contributed by atoms with van der Waals surface area (Å²) in [6.07, 6.45) is 0.190. The lowest BCUT2D eigenvalue weighted by atomic mass is 10.1. The van der Waals surface area contributed by atoms with Gasteiger partial charge in [-0.15, -0.1) is 0 Å². The fourth-order valence-corrected chi connectivity index (χ4v) is 4.82. The Balaban J connectivity index is 1.62. The van der Waals surface area contributed by atoms with Crippen molar-refractivity contribution in [1.82, 2.24) is 4.90 Å². The molecule has 1 aliphatic heterocycles. The molecule has 10 heteroatoms. The Morgan fingerprint density at radius 3 is 2.32 bits per heavy atom. The van der Waals surface area contributed by atoms with Crippen LogP contribution in [0.3, 0.4) is 0 Å². The lowest BCUT2D eigenvalue weighted by Gasteiger charge is -2.28. The van der Waals surface area contributed by atoms with Gasteiger partial charge in [0.05, 0.1) is 24.1 Å². The highest BCUT2D eigenvalue weighted by Gasteiger charge is 2.44. The first kappa shape index (κ1) is 26.1. The van der Waals surface area contributed by atoms with Gasteiger partial charge in [0.2, 0.25) is 15.9 Å². The van der Waals surface area contributed by atoms with Gasteiger partial charge in [-0.05, 0) is 67.4 Å². The molecule has 37 heavy (non-hydrogen) atoms. The number of sulfonamides is 1. The molecular formula is C27H27N3O6S. The minimum atomic E-state index is -3.83. The maximum Gasteiger partial charge on any atom is 0.257 e. The molecule has 1 unspecified atom stereocenters. The molecule has 4 rings (SSSR count). The Labute approximate surface area is 215 Å². The topological polar surface area (TPSA) is 127 Å². The normalized spacial score (nSPS) is 15.6. The fourth-order valence-electron chi connectivity index (χ4n) is 4.30. The molecule has 0 radical (unpaired) electrons. The van der Waals surface area contributed by atoms with Crippen molar-refractivity contribution in [2.75, 3.05) is 18.6 Å². The number of benzene rings is 3. The number of methoxy groups -OCH3 is 1. The van der Waals surface area contributed by atoms with Crippen LogP contribution in [-0.2, 0) is 26.0 Å². The summed E-state index contributed by atoms with van der Waals surface area (Å²) in [6, 6.07) is 18.6. The highest BCUT2D eigenvalue weighted by Crippen LogP contribution is 2.28. The predicted octanol–water partition coefficient (Wildman–Crippen LogP) is 2.67. The summed E-state index contributed by atoms with van der Waals surface area (Å²) in [5, 5.41) is 5.17. The molecule has 1 aliphatic rings. The number of hydrogen-bond acceptors (Lipinski definition) is 6. The first-order valence-corrected chi connectivity index (χ1v) is 13.1. The molecule has 0 bridgehead atoms.